The van der Waals surface area contributed by atoms with E-state index in [0.29, 0.717) is 18.9 Å². The minimum absolute atomic E-state index is 0.128. The maximum atomic E-state index is 11.6. The van der Waals surface area contributed by atoms with Crippen LogP contribution in [-0.4, -0.2) is 25.4 Å². The summed E-state index contributed by atoms with van der Waals surface area (Å²) in [7, 11) is 0. The maximum Gasteiger partial charge on any atom is 0.242 e. The van der Waals surface area contributed by atoms with Gasteiger partial charge < -0.3 is 4.57 Å². The minimum atomic E-state index is -0.128. The van der Waals surface area contributed by atoms with E-state index in [-0.39, 0.29) is 5.91 Å². The molecule has 1 amide bonds. The van der Waals surface area contributed by atoms with Gasteiger partial charge in [-0.3, -0.25) is 15.6 Å². The van der Waals surface area contributed by atoms with Gasteiger partial charge in [0.1, 0.15) is 0 Å². The predicted molar refractivity (Wildman–Crippen MR) is 70.1 cm³/mol. The number of hydrogen-bond acceptors (Lipinski definition) is 5. The largest absolute Gasteiger partial charge is 0.337 e. The topological polar surface area (TPSA) is 84.7 Å². The number of anilines is 1. The Morgan fingerprint density at radius 1 is 1.32 bits per heavy atom. The molecule has 0 saturated heterocycles. The van der Waals surface area contributed by atoms with Crippen molar-refractivity contribution in [2.24, 2.45) is 0 Å². The fourth-order valence-corrected chi connectivity index (χ4v) is 1.62. The highest BCUT2D eigenvalue weighted by atomic mass is 16.2. The Morgan fingerprint density at radius 2 is 2.05 bits per heavy atom. The molecule has 2 aromatic rings. The van der Waals surface area contributed by atoms with E-state index in [9.17, 15) is 4.79 Å². The number of rotatable bonds is 5. The third-order valence-electron chi connectivity index (χ3n) is 2.45. The highest BCUT2D eigenvalue weighted by molar-refractivity contribution is 5.76. The third-order valence-corrected chi connectivity index (χ3v) is 2.45. The second kappa shape index (κ2) is 5.94. The first-order valence-corrected chi connectivity index (χ1v) is 5.96. The fourth-order valence-electron chi connectivity index (χ4n) is 1.62. The van der Waals surface area contributed by atoms with Gasteiger partial charge in [0.05, 0.1) is 6.33 Å². The Bertz CT molecular complexity index is 531. The van der Waals surface area contributed by atoms with Crippen LogP contribution in [0.15, 0.2) is 24.8 Å². The number of hydrogen-bond donors (Lipinski definition) is 2. The molecule has 0 unspecified atom stereocenters. The number of carbonyl (C=O) groups excluding carboxylic acids is 1. The number of nitrogens with zero attached hydrogens (tertiary/aromatic N) is 4. The first-order valence-electron chi connectivity index (χ1n) is 5.96. The summed E-state index contributed by atoms with van der Waals surface area (Å²) in [5.41, 5.74) is 6.98. The van der Waals surface area contributed by atoms with E-state index in [2.05, 4.69) is 25.8 Å². The zero-order valence-electron chi connectivity index (χ0n) is 10.9. The summed E-state index contributed by atoms with van der Waals surface area (Å²) >= 11 is 0. The second-order valence-corrected chi connectivity index (χ2v) is 4.20. The van der Waals surface area contributed by atoms with Gasteiger partial charge in [0.25, 0.3) is 0 Å². The van der Waals surface area contributed by atoms with Gasteiger partial charge in [0.15, 0.2) is 0 Å². The molecule has 0 spiro atoms. The molecule has 0 aromatic carbocycles. The summed E-state index contributed by atoms with van der Waals surface area (Å²) in [6.45, 7) is 4.34. The molecule has 2 rings (SSSR count). The van der Waals surface area contributed by atoms with Crippen molar-refractivity contribution >= 4 is 11.9 Å². The van der Waals surface area contributed by atoms with E-state index in [1.165, 1.54) is 0 Å². The van der Waals surface area contributed by atoms with Gasteiger partial charge >= 0.3 is 0 Å². The molecule has 0 aliphatic rings. The van der Waals surface area contributed by atoms with Crippen LogP contribution in [0.5, 0.6) is 0 Å². The van der Waals surface area contributed by atoms with Crippen molar-refractivity contribution in [3.8, 4) is 0 Å². The highest BCUT2D eigenvalue weighted by Crippen LogP contribution is 2.02. The smallest absolute Gasteiger partial charge is 0.242 e. The van der Waals surface area contributed by atoms with Gasteiger partial charge in [0.2, 0.25) is 11.9 Å². The highest BCUT2D eigenvalue weighted by Gasteiger charge is 2.03. The van der Waals surface area contributed by atoms with E-state index < -0.39 is 0 Å². The molecule has 0 radical (unpaired) electrons. The molecule has 0 aliphatic carbocycles. The number of carbonyl (C=O) groups is 1. The van der Waals surface area contributed by atoms with E-state index in [1.807, 2.05) is 30.7 Å². The Balaban J connectivity index is 1.79. The van der Waals surface area contributed by atoms with Crippen molar-refractivity contribution in [2.45, 2.75) is 26.8 Å². The minimum Gasteiger partial charge on any atom is -0.337 e. The maximum absolute atomic E-state index is 11.6. The molecule has 0 atom stereocenters. The average Bonchev–Trinajstić information content (AvgIpc) is 2.86. The lowest BCUT2D eigenvalue weighted by Gasteiger charge is -2.08. The molecule has 100 valence electrons. The van der Waals surface area contributed by atoms with Crippen molar-refractivity contribution in [3.05, 3.63) is 36.2 Å². The van der Waals surface area contributed by atoms with Gasteiger partial charge in [-0.2, -0.15) is 0 Å². The number of nitrogens with one attached hydrogen (secondary N) is 2. The first kappa shape index (κ1) is 13.0. The summed E-state index contributed by atoms with van der Waals surface area (Å²) in [4.78, 5) is 23.9. The SMILES string of the molecule is Cc1cc(C)nc(NNC(=O)CCn2ccnc2)n1. The normalized spacial score (nSPS) is 10.2. The lowest BCUT2D eigenvalue weighted by molar-refractivity contribution is -0.120. The summed E-state index contributed by atoms with van der Waals surface area (Å²) in [5, 5.41) is 0. The number of hydrazine groups is 1. The quantitative estimate of drug-likeness (QED) is 0.778. The number of aryl methyl sites for hydroxylation is 3. The number of amides is 1. The molecular formula is C12H16N6O. The molecule has 7 heteroatoms. The number of aromatic nitrogens is 4. The summed E-state index contributed by atoms with van der Waals surface area (Å²) < 4.78 is 1.84. The van der Waals surface area contributed by atoms with Crippen LogP contribution >= 0.6 is 0 Å². The first-order chi connectivity index (χ1) is 9.13. The Kier molecular flexibility index (Phi) is 4.07. The lowest BCUT2D eigenvalue weighted by atomic mass is 10.4. The van der Waals surface area contributed by atoms with Crippen LogP contribution in [0.25, 0.3) is 0 Å². The van der Waals surface area contributed by atoms with E-state index in [0.717, 1.165) is 11.4 Å². The van der Waals surface area contributed by atoms with Crippen molar-refractivity contribution in [1.29, 1.82) is 0 Å². The second-order valence-electron chi connectivity index (χ2n) is 4.20. The van der Waals surface area contributed by atoms with Crippen LogP contribution < -0.4 is 10.9 Å². The molecule has 0 bridgehead atoms. The van der Waals surface area contributed by atoms with E-state index in [4.69, 9.17) is 0 Å². The summed E-state index contributed by atoms with van der Waals surface area (Å²) in [6, 6.07) is 1.87. The van der Waals surface area contributed by atoms with E-state index in [1.54, 1.807) is 12.5 Å². The number of imidazole rings is 1. The Morgan fingerprint density at radius 3 is 2.68 bits per heavy atom. The molecule has 0 aliphatic heterocycles. The standard InChI is InChI=1S/C12H16N6O/c1-9-7-10(2)15-12(14-9)17-16-11(19)3-5-18-6-4-13-8-18/h4,6-8H,3,5H2,1-2H3,(H,16,19)(H,14,15,17). The van der Waals surface area contributed by atoms with Crippen molar-refractivity contribution in [2.75, 3.05) is 5.43 Å². The molecule has 0 fully saturated rings. The predicted octanol–water partition coefficient (Wildman–Crippen LogP) is 0.823. The fraction of sp³-hybridized carbons (Fsp3) is 0.333. The summed E-state index contributed by atoms with van der Waals surface area (Å²) in [5.74, 6) is 0.268. The van der Waals surface area contributed by atoms with Crippen molar-refractivity contribution in [3.63, 3.8) is 0 Å². The van der Waals surface area contributed by atoms with Crippen LogP contribution in [0.4, 0.5) is 5.95 Å². The molecule has 19 heavy (non-hydrogen) atoms. The molecule has 2 aromatic heterocycles. The molecule has 2 N–H and O–H groups in total. The molecule has 7 nitrogen and oxygen atoms in total. The average molecular weight is 260 g/mol. The monoisotopic (exact) mass is 260 g/mol. The zero-order valence-corrected chi connectivity index (χ0v) is 10.9. The van der Waals surface area contributed by atoms with E-state index >= 15 is 0 Å². The molecule has 0 saturated carbocycles. The van der Waals surface area contributed by atoms with Gasteiger partial charge in [-0.05, 0) is 19.9 Å². The lowest BCUT2D eigenvalue weighted by Crippen LogP contribution is -2.31. The van der Waals surface area contributed by atoms with Crippen LogP contribution in [0.3, 0.4) is 0 Å². The van der Waals surface area contributed by atoms with Crippen LogP contribution in [0.2, 0.25) is 0 Å². The molecule has 2 heterocycles. The van der Waals surface area contributed by atoms with Crippen LogP contribution in [-0.2, 0) is 11.3 Å². The van der Waals surface area contributed by atoms with Crippen molar-refractivity contribution in [1.82, 2.24) is 24.9 Å². The zero-order chi connectivity index (χ0) is 13.7. The van der Waals surface area contributed by atoms with Crippen molar-refractivity contribution < 1.29 is 4.79 Å². The van der Waals surface area contributed by atoms with Gasteiger partial charge in [-0.15, -0.1) is 0 Å². The van der Waals surface area contributed by atoms with Crippen LogP contribution in [0, 0.1) is 13.8 Å². The third kappa shape index (κ3) is 4.06. The Labute approximate surface area is 111 Å². The van der Waals surface area contributed by atoms with Crippen LogP contribution in [0.1, 0.15) is 17.8 Å². The summed E-state index contributed by atoms with van der Waals surface area (Å²) in [6.07, 6.45) is 5.52. The molecular weight excluding hydrogens is 244 g/mol. The van der Waals surface area contributed by atoms with Gasteiger partial charge in [-0.25, -0.2) is 15.0 Å². The van der Waals surface area contributed by atoms with Gasteiger partial charge in [-0.1, -0.05) is 0 Å². The van der Waals surface area contributed by atoms with Gasteiger partial charge in [0, 0.05) is 36.7 Å². The Hall–Kier alpha value is -2.44.